The van der Waals surface area contributed by atoms with Crippen molar-refractivity contribution in [1.82, 2.24) is 8.61 Å². The second-order valence-corrected chi connectivity index (χ2v) is 8.03. The smallest absolute Gasteiger partial charge is 0.282 e. The molecule has 0 amide bonds. The summed E-state index contributed by atoms with van der Waals surface area (Å²) in [5.74, 6) is 0. The Bertz CT molecular complexity index is 553. The molecule has 1 saturated heterocycles. The van der Waals surface area contributed by atoms with E-state index in [1.807, 2.05) is 6.07 Å². The third-order valence-corrected chi connectivity index (χ3v) is 6.08. The Morgan fingerprint density at radius 1 is 1.45 bits per heavy atom. The third kappa shape index (κ3) is 3.81. The van der Waals surface area contributed by atoms with Crippen LogP contribution < -0.4 is 0 Å². The van der Waals surface area contributed by atoms with Crippen LogP contribution in [0.25, 0.3) is 0 Å². The van der Waals surface area contributed by atoms with E-state index in [0.717, 1.165) is 4.88 Å². The first-order chi connectivity index (χ1) is 9.54. The van der Waals surface area contributed by atoms with E-state index in [1.165, 1.54) is 19.9 Å². The maximum Gasteiger partial charge on any atom is 0.282 e. The van der Waals surface area contributed by atoms with Gasteiger partial charge in [0.25, 0.3) is 10.2 Å². The number of hydrogen-bond acceptors (Lipinski definition) is 4. The van der Waals surface area contributed by atoms with E-state index in [1.54, 1.807) is 12.1 Å². The minimum Gasteiger partial charge on any atom is -0.379 e. The quantitative estimate of drug-likeness (QED) is 0.746. The molecule has 8 heteroatoms. The lowest BCUT2D eigenvalue weighted by Gasteiger charge is -2.31. The zero-order valence-electron chi connectivity index (χ0n) is 11.0. The minimum atomic E-state index is -3.50. The zero-order valence-corrected chi connectivity index (χ0v) is 13.4. The summed E-state index contributed by atoms with van der Waals surface area (Å²) in [4.78, 5) is 0.911. The molecular weight excluding hydrogens is 320 g/mol. The number of halogens is 1. The lowest BCUT2D eigenvalue weighted by atomic mass is 10.4. The average Bonchev–Trinajstić information content (AvgIpc) is 2.85. The van der Waals surface area contributed by atoms with Crippen LogP contribution in [0.5, 0.6) is 0 Å². The minimum absolute atomic E-state index is 0.273. The van der Waals surface area contributed by atoms with Gasteiger partial charge in [0, 0.05) is 31.1 Å². The van der Waals surface area contributed by atoms with Gasteiger partial charge in [-0.2, -0.15) is 17.0 Å². The Labute approximate surface area is 128 Å². The molecule has 112 valence electrons. The third-order valence-electron chi connectivity index (χ3n) is 2.92. The van der Waals surface area contributed by atoms with Crippen molar-refractivity contribution in [2.75, 3.05) is 32.8 Å². The van der Waals surface area contributed by atoms with Gasteiger partial charge < -0.3 is 4.74 Å². The SMILES string of the molecule is C=CCN(Cc1ccc(Cl)s1)S(=O)(=O)N1CCOCC1. The van der Waals surface area contributed by atoms with Crippen LogP contribution >= 0.6 is 22.9 Å². The molecule has 0 spiro atoms. The lowest BCUT2D eigenvalue weighted by Crippen LogP contribution is -2.48. The topological polar surface area (TPSA) is 49.9 Å². The van der Waals surface area contributed by atoms with Crippen molar-refractivity contribution in [3.05, 3.63) is 34.0 Å². The molecule has 0 atom stereocenters. The number of hydrogen-bond donors (Lipinski definition) is 0. The van der Waals surface area contributed by atoms with E-state index in [2.05, 4.69) is 6.58 Å². The fourth-order valence-electron chi connectivity index (χ4n) is 1.94. The van der Waals surface area contributed by atoms with E-state index in [0.29, 0.717) is 37.2 Å². The van der Waals surface area contributed by atoms with Gasteiger partial charge in [-0.25, -0.2) is 0 Å². The van der Waals surface area contributed by atoms with E-state index in [-0.39, 0.29) is 6.54 Å². The molecule has 0 N–H and O–H groups in total. The molecule has 1 aliphatic heterocycles. The van der Waals surface area contributed by atoms with E-state index < -0.39 is 10.2 Å². The first-order valence-corrected chi connectivity index (χ1v) is 8.81. The van der Waals surface area contributed by atoms with Crippen molar-refractivity contribution >= 4 is 33.1 Å². The second kappa shape index (κ2) is 7.02. The molecular formula is C12H17ClN2O3S2. The summed E-state index contributed by atoms with van der Waals surface area (Å²) in [5.41, 5.74) is 0. The highest BCUT2D eigenvalue weighted by atomic mass is 35.5. The first-order valence-electron chi connectivity index (χ1n) is 6.22. The molecule has 2 heterocycles. The summed E-state index contributed by atoms with van der Waals surface area (Å²) in [6, 6.07) is 3.62. The van der Waals surface area contributed by atoms with Crippen LogP contribution in [0.1, 0.15) is 4.88 Å². The van der Waals surface area contributed by atoms with Crippen molar-refractivity contribution < 1.29 is 13.2 Å². The van der Waals surface area contributed by atoms with E-state index >= 15 is 0 Å². The highest BCUT2D eigenvalue weighted by molar-refractivity contribution is 7.86. The largest absolute Gasteiger partial charge is 0.379 e. The monoisotopic (exact) mass is 336 g/mol. The van der Waals surface area contributed by atoms with Crippen molar-refractivity contribution in [2.24, 2.45) is 0 Å². The molecule has 5 nitrogen and oxygen atoms in total. The Morgan fingerprint density at radius 3 is 2.70 bits per heavy atom. The van der Waals surface area contributed by atoms with E-state index in [9.17, 15) is 8.42 Å². The maximum absolute atomic E-state index is 12.6. The second-order valence-electron chi connectivity index (χ2n) is 4.31. The Hall–Kier alpha value is -0.440. The molecule has 1 fully saturated rings. The summed E-state index contributed by atoms with van der Waals surface area (Å²) in [6.45, 7) is 5.87. The average molecular weight is 337 g/mol. The van der Waals surface area contributed by atoms with Crippen LogP contribution in [0, 0.1) is 0 Å². The number of nitrogens with zero attached hydrogens (tertiary/aromatic N) is 2. The molecule has 2 rings (SSSR count). The summed E-state index contributed by atoms with van der Waals surface area (Å²) in [5, 5.41) is 0. The van der Waals surface area contributed by atoms with Crippen LogP contribution in [-0.2, 0) is 21.5 Å². The van der Waals surface area contributed by atoms with Gasteiger partial charge >= 0.3 is 0 Å². The van der Waals surface area contributed by atoms with Crippen LogP contribution in [0.15, 0.2) is 24.8 Å². The number of thiophene rings is 1. The Balaban J connectivity index is 2.15. The summed E-state index contributed by atoms with van der Waals surface area (Å²) >= 11 is 7.27. The Morgan fingerprint density at radius 2 is 2.15 bits per heavy atom. The van der Waals surface area contributed by atoms with Crippen molar-refractivity contribution in [2.45, 2.75) is 6.54 Å². The number of morpholine rings is 1. The molecule has 1 aromatic heterocycles. The molecule has 20 heavy (non-hydrogen) atoms. The summed E-state index contributed by atoms with van der Waals surface area (Å²) in [6.07, 6.45) is 1.59. The van der Waals surface area contributed by atoms with Crippen LogP contribution in [0.4, 0.5) is 0 Å². The summed E-state index contributed by atoms with van der Waals surface area (Å²) in [7, 11) is -3.50. The molecule has 0 bridgehead atoms. The molecule has 0 aromatic carbocycles. The van der Waals surface area contributed by atoms with Gasteiger partial charge in [0.05, 0.1) is 17.6 Å². The van der Waals surface area contributed by atoms with E-state index in [4.69, 9.17) is 16.3 Å². The molecule has 0 unspecified atom stereocenters. The standard InChI is InChI=1S/C12H17ClN2O3S2/c1-2-5-15(10-11-3-4-12(13)19-11)20(16,17)14-6-8-18-9-7-14/h2-4H,1,5-10H2. The van der Waals surface area contributed by atoms with Crippen LogP contribution in [0.3, 0.4) is 0 Å². The fraction of sp³-hybridized carbons (Fsp3) is 0.500. The van der Waals surface area contributed by atoms with Crippen LogP contribution in [-0.4, -0.2) is 49.9 Å². The summed E-state index contributed by atoms with van der Waals surface area (Å²) < 4.78 is 33.9. The number of rotatable bonds is 6. The van der Waals surface area contributed by atoms with Crippen molar-refractivity contribution in [3.8, 4) is 0 Å². The van der Waals surface area contributed by atoms with Gasteiger partial charge in [-0.3, -0.25) is 0 Å². The molecule has 0 saturated carbocycles. The van der Waals surface area contributed by atoms with Gasteiger partial charge in [-0.1, -0.05) is 17.7 Å². The van der Waals surface area contributed by atoms with Gasteiger partial charge in [0.15, 0.2) is 0 Å². The fourth-order valence-corrected chi connectivity index (χ4v) is 4.65. The molecule has 1 aliphatic rings. The molecule has 0 aliphatic carbocycles. The molecule has 1 aromatic rings. The lowest BCUT2D eigenvalue weighted by molar-refractivity contribution is 0.0702. The highest BCUT2D eigenvalue weighted by Gasteiger charge is 2.30. The number of ether oxygens (including phenoxy) is 1. The normalized spacial score (nSPS) is 17.5. The highest BCUT2D eigenvalue weighted by Crippen LogP contribution is 2.24. The zero-order chi connectivity index (χ0) is 14.6. The Kier molecular flexibility index (Phi) is 5.59. The van der Waals surface area contributed by atoms with Gasteiger partial charge in [-0.05, 0) is 12.1 Å². The molecule has 0 radical (unpaired) electrons. The van der Waals surface area contributed by atoms with Crippen molar-refractivity contribution in [3.63, 3.8) is 0 Å². The van der Waals surface area contributed by atoms with Gasteiger partial charge in [0.2, 0.25) is 0 Å². The first kappa shape index (κ1) is 15.9. The van der Waals surface area contributed by atoms with Crippen molar-refractivity contribution in [1.29, 1.82) is 0 Å². The van der Waals surface area contributed by atoms with Gasteiger partial charge in [-0.15, -0.1) is 17.9 Å². The van der Waals surface area contributed by atoms with Gasteiger partial charge in [0.1, 0.15) is 0 Å². The predicted octanol–water partition coefficient (Wildman–Crippen LogP) is 1.97. The predicted molar refractivity (Wildman–Crippen MR) is 81.2 cm³/mol. The van der Waals surface area contributed by atoms with Crippen LogP contribution in [0.2, 0.25) is 4.34 Å². The maximum atomic E-state index is 12.6.